The summed E-state index contributed by atoms with van der Waals surface area (Å²) >= 11 is 0. The summed E-state index contributed by atoms with van der Waals surface area (Å²) in [5.74, 6) is -1.91. The van der Waals surface area contributed by atoms with Crippen molar-refractivity contribution < 1.29 is 32.2 Å². The van der Waals surface area contributed by atoms with Crippen LogP contribution in [0.2, 0.25) is 0 Å². The molecular formula is C12H10F4O3. The summed E-state index contributed by atoms with van der Waals surface area (Å²) in [5.41, 5.74) is 0.0598. The molecule has 0 radical (unpaired) electrons. The van der Waals surface area contributed by atoms with Crippen LogP contribution in [-0.4, -0.2) is 23.9 Å². The highest BCUT2D eigenvalue weighted by Crippen LogP contribution is 2.24. The van der Waals surface area contributed by atoms with Gasteiger partial charge in [0.1, 0.15) is 11.6 Å². The summed E-state index contributed by atoms with van der Waals surface area (Å²) in [4.78, 5) is 10.3. The summed E-state index contributed by atoms with van der Waals surface area (Å²) in [6, 6.07) is 3.14. The van der Waals surface area contributed by atoms with E-state index < -0.39 is 31.0 Å². The number of ether oxygens (including phenoxy) is 1. The molecule has 1 aromatic rings. The number of aliphatic carboxylic acids is 1. The number of carboxylic acid groups (broad SMARTS) is 1. The van der Waals surface area contributed by atoms with Gasteiger partial charge < -0.3 is 9.84 Å². The van der Waals surface area contributed by atoms with Gasteiger partial charge in [0.05, 0.1) is 13.0 Å². The van der Waals surface area contributed by atoms with Crippen LogP contribution < -0.4 is 4.74 Å². The molecule has 19 heavy (non-hydrogen) atoms. The molecule has 3 nitrogen and oxygen atoms in total. The zero-order valence-corrected chi connectivity index (χ0v) is 9.58. The molecule has 0 aliphatic heterocycles. The van der Waals surface area contributed by atoms with Gasteiger partial charge in [0.2, 0.25) is 0 Å². The molecule has 0 saturated heterocycles. The van der Waals surface area contributed by atoms with Crippen molar-refractivity contribution >= 4 is 12.0 Å². The molecule has 0 saturated carbocycles. The maximum absolute atomic E-state index is 13.0. The highest BCUT2D eigenvalue weighted by atomic mass is 19.4. The van der Waals surface area contributed by atoms with E-state index in [2.05, 4.69) is 0 Å². The number of hydrogen-bond acceptors (Lipinski definition) is 2. The molecule has 0 aliphatic rings. The fraction of sp³-hybridized carbons (Fsp3) is 0.250. The summed E-state index contributed by atoms with van der Waals surface area (Å²) in [6.07, 6.45) is -3.71. The van der Waals surface area contributed by atoms with E-state index in [9.17, 15) is 22.4 Å². The fourth-order valence-corrected chi connectivity index (χ4v) is 1.22. The minimum Gasteiger partial charge on any atom is -0.493 e. The van der Waals surface area contributed by atoms with Crippen molar-refractivity contribution in [2.75, 3.05) is 6.61 Å². The SMILES string of the molecule is O=C(O)/C=C/c1cc(F)ccc1OCCC(F)(F)F. The van der Waals surface area contributed by atoms with Crippen molar-refractivity contribution in [1.82, 2.24) is 0 Å². The fourth-order valence-electron chi connectivity index (χ4n) is 1.22. The lowest BCUT2D eigenvalue weighted by molar-refractivity contribution is -0.139. The van der Waals surface area contributed by atoms with Gasteiger partial charge in [0.15, 0.2) is 0 Å². The first kappa shape index (κ1) is 15.0. The Hall–Kier alpha value is -2.05. The predicted molar refractivity (Wildman–Crippen MR) is 59.2 cm³/mol. The minimum atomic E-state index is -4.35. The average molecular weight is 278 g/mol. The van der Waals surface area contributed by atoms with Crippen LogP contribution in [0, 0.1) is 5.82 Å². The van der Waals surface area contributed by atoms with Crippen LogP contribution in [0.3, 0.4) is 0 Å². The van der Waals surface area contributed by atoms with Gasteiger partial charge in [-0.25, -0.2) is 9.18 Å². The molecule has 7 heteroatoms. The molecular weight excluding hydrogens is 268 g/mol. The molecule has 0 aromatic heterocycles. The standard InChI is InChI=1S/C12H10F4O3/c13-9-2-3-10(19-6-5-12(14,15)16)8(7-9)1-4-11(17)18/h1-4,7H,5-6H2,(H,17,18)/b4-1+. The third-order valence-corrected chi connectivity index (χ3v) is 2.02. The molecule has 1 N–H and O–H groups in total. The normalized spacial score (nSPS) is 11.8. The van der Waals surface area contributed by atoms with Gasteiger partial charge in [-0.3, -0.25) is 0 Å². The molecule has 104 valence electrons. The Morgan fingerprint density at radius 1 is 1.37 bits per heavy atom. The summed E-state index contributed by atoms with van der Waals surface area (Å²) in [6.45, 7) is -0.622. The quantitative estimate of drug-likeness (QED) is 0.664. The number of carbonyl (C=O) groups is 1. The van der Waals surface area contributed by atoms with E-state index >= 15 is 0 Å². The molecule has 0 unspecified atom stereocenters. The van der Waals surface area contributed by atoms with Crippen LogP contribution >= 0.6 is 0 Å². The zero-order valence-electron chi connectivity index (χ0n) is 9.58. The Balaban J connectivity index is 2.79. The Morgan fingerprint density at radius 3 is 2.63 bits per heavy atom. The Labute approximate surface area is 106 Å². The lowest BCUT2D eigenvalue weighted by atomic mass is 10.2. The van der Waals surface area contributed by atoms with Crippen LogP contribution in [0.4, 0.5) is 17.6 Å². The van der Waals surface area contributed by atoms with Gasteiger partial charge in [-0.05, 0) is 24.3 Å². The van der Waals surface area contributed by atoms with Gasteiger partial charge in [-0.1, -0.05) is 0 Å². The lowest BCUT2D eigenvalue weighted by Crippen LogP contribution is -2.13. The number of rotatable bonds is 5. The molecule has 0 spiro atoms. The predicted octanol–water partition coefficient (Wildman–Crippen LogP) is 3.25. The summed E-state index contributed by atoms with van der Waals surface area (Å²) in [5, 5.41) is 8.45. The monoisotopic (exact) mass is 278 g/mol. The molecule has 0 bridgehead atoms. The second kappa shape index (κ2) is 6.21. The summed E-state index contributed by atoms with van der Waals surface area (Å²) < 4.78 is 53.7. The van der Waals surface area contributed by atoms with Gasteiger partial charge in [0.25, 0.3) is 0 Å². The van der Waals surface area contributed by atoms with Crippen LogP contribution in [0.5, 0.6) is 5.75 Å². The smallest absolute Gasteiger partial charge is 0.392 e. The number of benzene rings is 1. The second-order valence-electron chi connectivity index (χ2n) is 3.57. The first-order valence-corrected chi connectivity index (χ1v) is 5.18. The molecule has 0 atom stereocenters. The third kappa shape index (κ3) is 5.89. The molecule has 0 aliphatic carbocycles. The van der Waals surface area contributed by atoms with Crippen LogP contribution in [0.1, 0.15) is 12.0 Å². The Bertz CT molecular complexity index is 480. The number of halogens is 4. The highest BCUT2D eigenvalue weighted by molar-refractivity contribution is 5.85. The van der Waals surface area contributed by atoms with E-state index in [-0.39, 0.29) is 11.3 Å². The van der Waals surface area contributed by atoms with Crippen molar-refractivity contribution in [1.29, 1.82) is 0 Å². The van der Waals surface area contributed by atoms with Gasteiger partial charge in [-0.2, -0.15) is 13.2 Å². The van der Waals surface area contributed by atoms with Crippen LogP contribution in [-0.2, 0) is 4.79 Å². The van der Waals surface area contributed by atoms with Gasteiger partial charge in [-0.15, -0.1) is 0 Å². The largest absolute Gasteiger partial charge is 0.493 e. The summed E-state index contributed by atoms with van der Waals surface area (Å²) in [7, 11) is 0. The average Bonchev–Trinajstić information content (AvgIpc) is 2.27. The van der Waals surface area contributed by atoms with Crippen LogP contribution in [0.25, 0.3) is 6.08 Å². The second-order valence-corrected chi connectivity index (χ2v) is 3.57. The highest BCUT2D eigenvalue weighted by Gasteiger charge is 2.26. The van der Waals surface area contributed by atoms with Crippen molar-refractivity contribution in [3.63, 3.8) is 0 Å². The van der Waals surface area contributed by atoms with E-state index in [1.807, 2.05) is 0 Å². The zero-order chi connectivity index (χ0) is 14.5. The van der Waals surface area contributed by atoms with E-state index in [0.717, 1.165) is 30.4 Å². The molecule has 0 amide bonds. The number of carboxylic acids is 1. The first-order chi connectivity index (χ1) is 8.78. The molecule has 0 fully saturated rings. The first-order valence-electron chi connectivity index (χ1n) is 5.18. The van der Waals surface area contributed by atoms with E-state index in [0.29, 0.717) is 0 Å². The van der Waals surface area contributed by atoms with E-state index in [1.54, 1.807) is 0 Å². The number of hydrogen-bond donors (Lipinski definition) is 1. The van der Waals surface area contributed by atoms with Crippen molar-refractivity contribution in [3.8, 4) is 5.75 Å². The lowest BCUT2D eigenvalue weighted by Gasteiger charge is -2.10. The Kier molecular flexibility index (Phi) is 4.91. The minimum absolute atomic E-state index is 0.0110. The van der Waals surface area contributed by atoms with Crippen molar-refractivity contribution in [3.05, 3.63) is 35.7 Å². The molecule has 0 heterocycles. The molecule has 1 aromatic carbocycles. The topological polar surface area (TPSA) is 46.5 Å². The van der Waals surface area contributed by atoms with Gasteiger partial charge >= 0.3 is 12.1 Å². The van der Waals surface area contributed by atoms with E-state index in [1.165, 1.54) is 0 Å². The molecule has 1 rings (SSSR count). The van der Waals surface area contributed by atoms with Crippen molar-refractivity contribution in [2.24, 2.45) is 0 Å². The maximum atomic E-state index is 13.0. The van der Waals surface area contributed by atoms with Crippen molar-refractivity contribution in [2.45, 2.75) is 12.6 Å². The number of alkyl halides is 3. The Morgan fingerprint density at radius 2 is 2.05 bits per heavy atom. The van der Waals surface area contributed by atoms with E-state index in [4.69, 9.17) is 9.84 Å². The van der Waals surface area contributed by atoms with Gasteiger partial charge in [0, 0.05) is 11.6 Å². The maximum Gasteiger partial charge on any atom is 0.392 e. The van der Waals surface area contributed by atoms with Crippen LogP contribution in [0.15, 0.2) is 24.3 Å². The third-order valence-electron chi connectivity index (χ3n) is 2.02.